The van der Waals surface area contributed by atoms with Gasteiger partial charge in [-0.3, -0.25) is 0 Å². The van der Waals surface area contributed by atoms with Crippen LogP contribution < -0.4 is 0 Å². The van der Waals surface area contributed by atoms with Gasteiger partial charge in [-0.1, -0.05) is 6.58 Å². The number of carbonyl (C=O) groups excluding carboxylic acids is 1. The minimum absolute atomic E-state index is 0.0648. The maximum Gasteiger partial charge on any atom is 0.333 e. The van der Waals surface area contributed by atoms with Crippen molar-refractivity contribution < 1.29 is 23.5 Å². The summed E-state index contributed by atoms with van der Waals surface area (Å²) in [6, 6.07) is 0. The monoisotopic (exact) mass is 404 g/mol. The van der Waals surface area contributed by atoms with Gasteiger partial charge in [0.15, 0.2) is 16.6 Å². The summed E-state index contributed by atoms with van der Waals surface area (Å²) in [5.74, 6) is -0.480. The molecule has 0 heterocycles. The van der Waals surface area contributed by atoms with Gasteiger partial charge < -0.3 is 18.7 Å². The smallest absolute Gasteiger partial charge is 0.333 e. The van der Waals surface area contributed by atoms with Crippen molar-refractivity contribution in [3.8, 4) is 0 Å². The lowest BCUT2D eigenvalue weighted by Gasteiger charge is -2.37. The molecular weight excluding hydrogens is 368 g/mol. The van der Waals surface area contributed by atoms with Crippen molar-refractivity contribution in [3.05, 3.63) is 12.2 Å². The Morgan fingerprint density at radius 1 is 1.12 bits per heavy atom. The molecule has 0 radical (unpaired) electrons. The normalized spacial score (nSPS) is 25.6. The predicted octanol–water partition coefficient (Wildman–Crippen LogP) is 2.96. The second-order valence-corrected chi connectivity index (χ2v) is 20.3. The molecule has 0 aromatic carbocycles. The summed E-state index contributed by atoms with van der Waals surface area (Å²) >= 11 is 0. The number of rotatable bonds is 8. The van der Waals surface area contributed by atoms with Crippen LogP contribution in [-0.2, 0) is 18.4 Å². The van der Waals surface area contributed by atoms with Gasteiger partial charge in [-0.2, -0.15) is 0 Å². The summed E-state index contributed by atoms with van der Waals surface area (Å²) in [4.78, 5) is 11.7. The maximum absolute atomic E-state index is 11.7. The molecule has 8 heteroatoms. The van der Waals surface area contributed by atoms with E-state index in [4.69, 9.17) is 13.6 Å². The average molecular weight is 405 g/mol. The van der Waals surface area contributed by atoms with E-state index in [0.717, 1.165) is 6.42 Å². The third-order valence-electron chi connectivity index (χ3n) is 3.97. The third kappa shape index (κ3) is 9.30. The number of aliphatic hydroxyl groups is 1. The fourth-order valence-electron chi connectivity index (χ4n) is 2.97. The zero-order chi connectivity index (χ0) is 19.4. The molecule has 1 saturated carbocycles. The molecule has 25 heavy (non-hydrogen) atoms. The molecule has 1 fully saturated rings. The van der Waals surface area contributed by atoms with Crippen LogP contribution >= 0.6 is 0 Å². The molecule has 3 atom stereocenters. The molecule has 146 valence electrons. The highest BCUT2D eigenvalue weighted by Crippen LogP contribution is 2.32. The number of carbonyl (C=O) groups is 1. The summed E-state index contributed by atoms with van der Waals surface area (Å²) in [5.41, 5.74) is 0.823. The van der Waals surface area contributed by atoms with Gasteiger partial charge in [0.25, 0.3) is 0 Å². The lowest BCUT2D eigenvalue weighted by Crippen LogP contribution is -2.45. The lowest BCUT2D eigenvalue weighted by atomic mass is 9.94. The first-order valence-corrected chi connectivity index (χ1v) is 17.6. The molecular formula is C17H36O5Si3. The van der Waals surface area contributed by atoms with Crippen molar-refractivity contribution in [2.45, 2.75) is 89.1 Å². The molecule has 0 aromatic rings. The van der Waals surface area contributed by atoms with Gasteiger partial charge in [0.1, 0.15) is 12.0 Å². The van der Waals surface area contributed by atoms with Gasteiger partial charge in [-0.25, -0.2) is 4.79 Å². The van der Waals surface area contributed by atoms with Crippen LogP contribution in [0.4, 0.5) is 0 Å². The zero-order valence-corrected chi connectivity index (χ0v) is 20.3. The van der Waals surface area contributed by atoms with E-state index < -0.39 is 44.3 Å². The van der Waals surface area contributed by atoms with Gasteiger partial charge in [-0.05, 0) is 71.0 Å². The predicted molar refractivity (Wildman–Crippen MR) is 109 cm³/mol. The molecule has 0 aromatic heterocycles. The Bertz CT molecular complexity index is 454. The molecule has 1 aliphatic rings. The minimum Gasteiger partial charge on any atom is -0.456 e. The highest BCUT2D eigenvalue weighted by molar-refractivity contribution is 6.71. The van der Waals surface area contributed by atoms with E-state index in [-0.39, 0.29) is 5.91 Å². The molecule has 3 unspecified atom stereocenters. The summed E-state index contributed by atoms with van der Waals surface area (Å²) in [6.45, 7) is 18.3. The van der Waals surface area contributed by atoms with E-state index in [9.17, 15) is 9.90 Å². The molecule has 0 saturated heterocycles. The van der Waals surface area contributed by atoms with Gasteiger partial charge in [0.05, 0.1) is 15.6 Å². The van der Waals surface area contributed by atoms with Crippen LogP contribution in [0.5, 0.6) is 0 Å². The van der Waals surface area contributed by atoms with Crippen LogP contribution in [0.1, 0.15) is 26.2 Å². The minimum atomic E-state index is -1.68. The maximum atomic E-state index is 11.7. The van der Waals surface area contributed by atoms with E-state index in [1.54, 1.807) is 6.92 Å². The third-order valence-corrected chi connectivity index (χ3v) is 8.70. The summed E-state index contributed by atoms with van der Waals surface area (Å²) in [6.07, 6.45) is 1.31. The standard InChI is InChI=1S/C17H36O5Si3/c1-12(2)16(19)20-15-10-9-13(11-14(15)18)23-17(21-24(3,4)5)22-25(6,7)8/h13-15,17-18H,1,9-11,23H2,2-8H3. The van der Waals surface area contributed by atoms with Crippen LogP contribution in [0.2, 0.25) is 44.8 Å². The quantitative estimate of drug-likeness (QED) is 0.292. The Kier molecular flexibility index (Phi) is 8.29. The van der Waals surface area contributed by atoms with Gasteiger partial charge >= 0.3 is 5.97 Å². The number of hydrogen-bond donors (Lipinski definition) is 1. The first-order chi connectivity index (χ1) is 11.3. The summed E-state index contributed by atoms with van der Waals surface area (Å²) < 4.78 is 18.0. The molecule has 0 spiro atoms. The van der Waals surface area contributed by atoms with E-state index in [1.165, 1.54) is 0 Å². The molecule has 1 aliphatic carbocycles. The Morgan fingerprint density at radius 3 is 2.04 bits per heavy atom. The Hall–Kier alpha value is -0.259. The number of aliphatic hydroxyl groups excluding tert-OH is 1. The Morgan fingerprint density at radius 2 is 1.64 bits per heavy atom. The fourth-order valence-corrected chi connectivity index (χ4v) is 10.1. The van der Waals surface area contributed by atoms with Gasteiger partial charge in [0.2, 0.25) is 0 Å². The zero-order valence-electron chi connectivity index (χ0n) is 16.9. The lowest BCUT2D eigenvalue weighted by molar-refractivity contribution is -0.152. The SMILES string of the molecule is C=C(C)C(=O)OC1CCC([SiH2]C(O[Si](C)(C)C)O[Si](C)(C)C)CC1O. The van der Waals surface area contributed by atoms with Crippen molar-refractivity contribution in [3.63, 3.8) is 0 Å². The van der Waals surface area contributed by atoms with Crippen molar-refractivity contribution in [1.29, 1.82) is 0 Å². The molecule has 1 N–H and O–H groups in total. The average Bonchev–Trinajstić information content (AvgIpc) is 2.37. The first-order valence-electron chi connectivity index (χ1n) is 9.17. The van der Waals surface area contributed by atoms with Crippen molar-refractivity contribution >= 4 is 32.1 Å². The number of hydrogen-bond acceptors (Lipinski definition) is 5. The number of esters is 1. The van der Waals surface area contributed by atoms with E-state index in [1.807, 2.05) is 0 Å². The molecule has 5 nitrogen and oxygen atoms in total. The van der Waals surface area contributed by atoms with Crippen molar-refractivity contribution in [1.82, 2.24) is 0 Å². The second kappa shape index (κ2) is 9.10. The Balaban J connectivity index is 2.63. The first kappa shape index (κ1) is 22.8. The fraction of sp³-hybridized carbons (Fsp3) is 0.824. The van der Waals surface area contributed by atoms with E-state index in [2.05, 4.69) is 45.9 Å². The summed E-state index contributed by atoms with van der Waals surface area (Å²) in [5, 5.41) is 10.4. The van der Waals surface area contributed by atoms with E-state index >= 15 is 0 Å². The van der Waals surface area contributed by atoms with Gasteiger partial charge in [0, 0.05) is 5.57 Å². The Labute approximate surface area is 157 Å². The van der Waals surface area contributed by atoms with Crippen LogP contribution in [0.25, 0.3) is 0 Å². The van der Waals surface area contributed by atoms with Crippen LogP contribution in [0, 0.1) is 0 Å². The molecule has 0 aliphatic heterocycles. The van der Waals surface area contributed by atoms with Crippen LogP contribution in [-0.4, -0.2) is 55.4 Å². The topological polar surface area (TPSA) is 65.0 Å². The van der Waals surface area contributed by atoms with Gasteiger partial charge in [-0.15, -0.1) is 0 Å². The summed E-state index contributed by atoms with van der Waals surface area (Å²) in [7, 11) is -4.03. The van der Waals surface area contributed by atoms with E-state index in [0.29, 0.717) is 24.0 Å². The second-order valence-electron chi connectivity index (χ2n) is 9.10. The van der Waals surface area contributed by atoms with Crippen LogP contribution in [0.15, 0.2) is 12.2 Å². The highest BCUT2D eigenvalue weighted by Gasteiger charge is 2.35. The van der Waals surface area contributed by atoms with Crippen molar-refractivity contribution in [2.75, 3.05) is 0 Å². The molecule has 1 rings (SSSR count). The molecule has 0 amide bonds. The highest BCUT2D eigenvalue weighted by atomic mass is 28.4. The number of ether oxygens (including phenoxy) is 1. The van der Waals surface area contributed by atoms with Crippen molar-refractivity contribution in [2.24, 2.45) is 0 Å². The molecule has 0 bridgehead atoms. The van der Waals surface area contributed by atoms with Crippen LogP contribution in [0.3, 0.4) is 0 Å². The largest absolute Gasteiger partial charge is 0.456 e.